The number of Topliss-reactive ketones (excluding diaryl/α,β-unsaturated/α-hetero) is 1. The molecule has 0 N–H and O–H groups in total. The van der Waals surface area contributed by atoms with Crippen LogP contribution in [0.5, 0.6) is 5.75 Å². The van der Waals surface area contributed by atoms with Crippen LogP contribution in [-0.2, 0) is 6.42 Å². The Morgan fingerprint density at radius 2 is 1.86 bits per heavy atom. The molecule has 0 spiro atoms. The van der Waals surface area contributed by atoms with Gasteiger partial charge in [-0.15, -0.1) is 0 Å². The molecule has 0 radical (unpaired) electrons. The third kappa shape index (κ3) is 2.62. The van der Waals surface area contributed by atoms with Gasteiger partial charge in [-0.05, 0) is 54.7 Å². The summed E-state index contributed by atoms with van der Waals surface area (Å²) in [6.45, 7) is 1.98. The minimum absolute atomic E-state index is 0.153. The van der Waals surface area contributed by atoms with E-state index in [1.165, 1.54) is 0 Å². The normalized spacial score (nSPS) is 15.9. The zero-order chi connectivity index (χ0) is 14.8. The molecule has 2 aromatic carbocycles. The molecule has 0 aliphatic heterocycles. The lowest BCUT2D eigenvalue weighted by Crippen LogP contribution is -2.16. The summed E-state index contributed by atoms with van der Waals surface area (Å²) in [5.74, 6) is 0.981. The number of ether oxygens (including phenoxy) is 1. The van der Waals surface area contributed by atoms with Gasteiger partial charge in [-0.3, -0.25) is 4.79 Å². The molecular weight excluding hydrogens is 260 g/mol. The molecular formula is C19H18O2. The van der Waals surface area contributed by atoms with Gasteiger partial charge in [0.25, 0.3) is 0 Å². The molecule has 0 fully saturated rings. The number of rotatable bonds is 2. The van der Waals surface area contributed by atoms with Gasteiger partial charge < -0.3 is 4.74 Å². The minimum atomic E-state index is 0.153. The first-order valence-electron chi connectivity index (χ1n) is 7.17. The second kappa shape index (κ2) is 5.57. The first-order chi connectivity index (χ1) is 10.2. The van der Waals surface area contributed by atoms with Crippen molar-refractivity contribution >= 4 is 11.9 Å². The SMILES string of the molecule is COc1cc(C)c2c(c1)CC/C(=C\c1ccccc1)C2=O. The fourth-order valence-electron chi connectivity index (χ4n) is 2.90. The second-order valence-electron chi connectivity index (χ2n) is 5.39. The molecule has 106 valence electrons. The van der Waals surface area contributed by atoms with Gasteiger partial charge in [-0.2, -0.15) is 0 Å². The van der Waals surface area contributed by atoms with Gasteiger partial charge in [0.15, 0.2) is 5.78 Å². The second-order valence-corrected chi connectivity index (χ2v) is 5.39. The molecule has 2 heteroatoms. The monoisotopic (exact) mass is 278 g/mol. The van der Waals surface area contributed by atoms with Crippen molar-refractivity contribution in [2.45, 2.75) is 19.8 Å². The Labute approximate surface area is 125 Å². The van der Waals surface area contributed by atoms with Crippen LogP contribution in [0.3, 0.4) is 0 Å². The maximum atomic E-state index is 12.7. The van der Waals surface area contributed by atoms with Crippen molar-refractivity contribution in [2.24, 2.45) is 0 Å². The highest BCUT2D eigenvalue weighted by Gasteiger charge is 2.24. The number of carbonyl (C=O) groups excluding carboxylic acids is 1. The summed E-state index contributed by atoms with van der Waals surface area (Å²) in [5.41, 5.74) is 4.91. The average Bonchev–Trinajstić information content (AvgIpc) is 2.50. The van der Waals surface area contributed by atoms with Crippen molar-refractivity contribution in [1.82, 2.24) is 0 Å². The van der Waals surface area contributed by atoms with Gasteiger partial charge in [-0.25, -0.2) is 0 Å². The van der Waals surface area contributed by atoms with Gasteiger partial charge in [0.1, 0.15) is 5.75 Å². The smallest absolute Gasteiger partial charge is 0.189 e. The fourth-order valence-corrected chi connectivity index (χ4v) is 2.90. The summed E-state index contributed by atoms with van der Waals surface area (Å²) in [5, 5.41) is 0. The summed E-state index contributed by atoms with van der Waals surface area (Å²) in [7, 11) is 1.66. The van der Waals surface area contributed by atoms with Crippen LogP contribution in [0, 0.1) is 6.92 Å². The maximum Gasteiger partial charge on any atom is 0.189 e. The quantitative estimate of drug-likeness (QED) is 0.769. The van der Waals surface area contributed by atoms with Crippen LogP contribution in [0.2, 0.25) is 0 Å². The summed E-state index contributed by atoms with van der Waals surface area (Å²) in [6.07, 6.45) is 3.68. The standard InChI is InChI=1S/C19H18O2/c1-13-10-17(21-2)12-15-8-9-16(19(20)18(13)15)11-14-6-4-3-5-7-14/h3-7,10-12H,8-9H2,1-2H3/b16-11+. The molecule has 0 atom stereocenters. The molecule has 1 aliphatic carbocycles. The predicted octanol–water partition coefficient (Wildman–Crippen LogP) is 4.22. The lowest BCUT2D eigenvalue weighted by molar-refractivity contribution is 0.102. The van der Waals surface area contributed by atoms with E-state index >= 15 is 0 Å². The zero-order valence-corrected chi connectivity index (χ0v) is 12.3. The van der Waals surface area contributed by atoms with E-state index in [9.17, 15) is 4.79 Å². The first kappa shape index (κ1) is 13.6. The van der Waals surface area contributed by atoms with Crippen molar-refractivity contribution in [2.75, 3.05) is 7.11 Å². The van der Waals surface area contributed by atoms with Crippen molar-refractivity contribution in [3.63, 3.8) is 0 Å². The molecule has 3 rings (SSSR count). The third-order valence-corrected chi connectivity index (χ3v) is 3.95. The minimum Gasteiger partial charge on any atom is -0.497 e. The number of ketones is 1. The third-order valence-electron chi connectivity index (χ3n) is 3.95. The van der Waals surface area contributed by atoms with Gasteiger partial charge in [0, 0.05) is 11.1 Å². The lowest BCUT2D eigenvalue weighted by Gasteiger charge is -2.20. The van der Waals surface area contributed by atoms with Gasteiger partial charge >= 0.3 is 0 Å². The zero-order valence-electron chi connectivity index (χ0n) is 12.3. The first-order valence-corrected chi connectivity index (χ1v) is 7.17. The van der Waals surface area contributed by atoms with Crippen LogP contribution in [0.4, 0.5) is 0 Å². The van der Waals surface area contributed by atoms with E-state index in [2.05, 4.69) is 0 Å². The number of hydrogen-bond donors (Lipinski definition) is 0. The number of methoxy groups -OCH3 is 1. The average molecular weight is 278 g/mol. The Balaban J connectivity index is 2.02. The van der Waals surface area contributed by atoms with Crippen molar-refractivity contribution in [1.29, 1.82) is 0 Å². The highest BCUT2D eigenvalue weighted by Crippen LogP contribution is 2.32. The van der Waals surface area contributed by atoms with Gasteiger partial charge in [-0.1, -0.05) is 30.3 Å². The van der Waals surface area contributed by atoms with Crippen LogP contribution in [0.1, 0.15) is 33.5 Å². The summed E-state index contributed by atoms with van der Waals surface area (Å²) in [4.78, 5) is 12.7. The van der Waals surface area contributed by atoms with Crippen LogP contribution >= 0.6 is 0 Å². The van der Waals surface area contributed by atoms with Crippen molar-refractivity contribution in [3.8, 4) is 5.75 Å². The molecule has 21 heavy (non-hydrogen) atoms. The van der Waals surface area contributed by atoms with E-state index in [4.69, 9.17) is 4.74 Å². The Hall–Kier alpha value is -2.35. The highest BCUT2D eigenvalue weighted by molar-refractivity contribution is 6.14. The van der Waals surface area contributed by atoms with Crippen molar-refractivity contribution in [3.05, 3.63) is 70.3 Å². The van der Waals surface area contributed by atoms with E-state index in [1.807, 2.05) is 55.5 Å². The molecule has 0 saturated carbocycles. The number of aryl methyl sites for hydroxylation is 2. The van der Waals surface area contributed by atoms with Crippen LogP contribution in [-0.4, -0.2) is 12.9 Å². The Morgan fingerprint density at radius 3 is 2.57 bits per heavy atom. The highest BCUT2D eigenvalue weighted by atomic mass is 16.5. The molecule has 0 bridgehead atoms. The number of fused-ring (bicyclic) bond motifs is 1. The maximum absolute atomic E-state index is 12.7. The van der Waals surface area contributed by atoms with Gasteiger partial charge in [0.05, 0.1) is 7.11 Å². The van der Waals surface area contributed by atoms with E-state index in [0.717, 1.165) is 46.4 Å². The molecule has 0 saturated heterocycles. The lowest BCUT2D eigenvalue weighted by atomic mass is 9.83. The van der Waals surface area contributed by atoms with Gasteiger partial charge in [0.2, 0.25) is 0 Å². The molecule has 1 aliphatic rings. The van der Waals surface area contributed by atoms with E-state index < -0.39 is 0 Å². The molecule has 2 aromatic rings. The summed E-state index contributed by atoms with van der Waals surface area (Å²) in [6, 6.07) is 13.9. The van der Waals surface area contributed by atoms with Crippen LogP contribution in [0.25, 0.3) is 6.08 Å². The molecule has 2 nitrogen and oxygen atoms in total. The van der Waals surface area contributed by atoms with E-state index in [0.29, 0.717) is 0 Å². The topological polar surface area (TPSA) is 26.3 Å². The fraction of sp³-hybridized carbons (Fsp3) is 0.211. The molecule has 0 amide bonds. The summed E-state index contributed by atoms with van der Waals surface area (Å²) >= 11 is 0. The largest absolute Gasteiger partial charge is 0.497 e. The van der Waals surface area contributed by atoms with Crippen LogP contribution in [0.15, 0.2) is 48.0 Å². The Bertz CT molecular complexity index is 712. The van der Waals surface area contributed by atoms with Crippen molar-refractivity contribution < 1.29 is 9.53 Å². The summed E-state index contributed by atoms with van der Waals surface area (Å²) < 4.78 is 5.29. The Morgan fingerprint density at radius 1 is 1.10 bits per heavy atom. The van der Waals surface area contributed by atoms with E-state index in [-0.39, 0.29) is 5.78 Å². The van der Waals surface area contributed by atoms with Crippen LogP contribution < -0.4 is 4.74 Å². The number of benzene rings is 2. The molecule has 0 unspecified atom stereocenters. The van der Waals surface area contributed by atoms with E-state index in [1.54, 1.807) is 7.11 Å². The Kier molecular flexibility index (Phi) is 3.61. The number of allylic oxidation sites excluding steroid dienone is 1. The molecule has 0 heterocycles. The predicted molar refractivity (Wildman–Crippen MR) is 84.8 cm³/mol. The number of carbonyl (C=O) groups is 1. The molecule has 0 aromatic heterocycles. The number of hydrogen-bond acceptors (Lipinski definition) is 2.